The lowest BCUT2D eigenvalue weighted by molar-refractivity contribution is -0.126. The zero-order valence-electron chi connectivity index (χ0n) is 16.2. The fraction of sp³-hybridized carbons (Fsp3) is 0.381. The van der Waals surface area contributed by atoms with Crippen LogP contribution in [0, 0.1) is 12.8 Å². The molecule has 2 aromatic rings. The predicted octanol–water partition coefficient (Wildman–Crippen LogP) is 2.72. The molecule has 0 spiro atoms. The van der Waals surface area contributed by atoms with Gasteiger partial charge in [-0.2, -0.15) is 4.31 Å². The molecule has 1 aliphatic rings. The van der Waals surface area contributed by atoms with Crippen LogP contribution in [0.2, 0.25) is 0 Å². The van der Waals surface area contributed by atoms with Crippen LogP contribution in [-0.2, 0) is 21.4 Å². The van der Waals surface area contributed by atoms with Gasteiger partial charge in [-0.05, 0) is 38.0 Å². The van der Waals surface area contributed by atoms with E-state index >= 15 is 0 Å². The first kappa shape index (κ1) is 20.4. The van der Waals surface area contributed by atoms with E-state index in [4.69, 9.17) is 4.74 Å². The van der Waals surface area contributed by atoms with Crippen molar-refractivity contribution in [2.24, 2.45) is 5.92 Å². The number of hydrogen-bond donors (Lipinski definition) is 1. The van der Waals surface area contributed by atoms with Gasteiger partial charge in [-0.15, -0.1) is 0 Å². The number of carbonyl (C=O) groups excluding carboxylic acids is 1. The number of aryl methyl sites for hydroxylation is 1. The minimum Gasteiger partial charge on any atom is -0.496 e. The number of amides is 1. The first-order valence-electron chi connectivity index (χ1n) is 9.38. The number of rotatable bonds is 6. The van der Waals surface area contributed by atoms with Crippen molar-refractivity contribution in [2.45, 2.75) is 31.2 Å². The van der Waals surface area contributed by atoms with Crippen LogP contribution in [0.3, 0.4) is 0 Å². The van der Waals surface area contributed by atoms with E-state index in [9.17, 15) is 13.2 Å². The van der Waals surface area contributed by atoms with Crippen LogP contribution in [0.15, 0.2) is 53.4 Å². The largest absolute Gasteiger partial charge is 0.496 e. The summed E-state index contributed by atoms with van der Waals surface area (Å²) in [7, 11) is -2.00. The summed E-state index contributed by atoms with van der Waals surface area (Å²) in [5.41, 5.74) is 1.89. The molecule has 0 radical (unpaired) electrons. The molecular formula is C21H26N2O4S. The first-order valence-corrected chi connectivity index (χ1v) is 10.8. The van der Waals surface area contributed by atoms with E-state index in [1.54, 1.807) is 31.4 Å². The average Bonchev–Trinajstić information content (AvgIpc) is 2.72. The second kappa shape index (κ2) is 8.75. The van der Waals surface area contributed by atoms with Gasteiger partial charge in [0.1, 0.15) is 5.75 Å². The number of nitrogens with zero attached hydrogens (tertiary/aromatic N) is 1. The summed E-state index contributed by atoms with van der Waals surface area (Å²) in [4.78, 5) is 12.9. The lowest BCUT2D eigenvalue weighted by atomic mass is 9.98. The van der Waals surface area contributed by atoms with Gasteiger partial charge < -0.3 is 10.1 Å². The van der Waals surface area contributed by atoms with Crippen LogP contribution < -0.4 is 10.1 Å². The molecule has 2 aromatic carbocycles. The molecule has 1 fully saturated rings. The molecule has 0 saturated carbocycles. The van der Waals surface area contributed by atoms with E-state index in [-0.39, 0.29) is 23.3 Å². The number of hydrogen-bond acceptors (Lipinski definition) is 4. The molecule has 1 saturated heterocycles. The lowest BCUT2D eigenvalue weighted by Crippen LogP contribution is -2.45. The Hall–Kier alpha value is -2.38. The summed E-state index contributed by atoms with van der Waals surface area (Å²) in [5, 5.41) is 2.92. The van der Waals surface area contributed by atoms with E-state index in [1.807, 2.05) is 31.2 Å². The number of carbonyl (C=O) groups is 1. The molecule has 0 aliphatic carbocycles. The molecule has 0 aromatic heterocycles. The number of para-hydroxylation sites is 1. The third kappa shape index (κ3) is 4.54. The number of piperidine rings is 1. The maximum absolute atomic E-state index is 12.9. The molecule has 1 amide bonds. The zero-order valence-corrected chi connectivity index (χ0v) is 17.0. The number of nitrogens with one attached hydrogen (secondary N) is 1. The lowest BCUT2D eigenvalue weighted by Gasteiger charge is -2.31. The summed E-state index contributed by atoms with van der Waals surface area (Å²) in [6.45, 7) is 2.91. The minimum atomic E-state index is -3.59. The van der Waals surface area contributed by atoms with Crippen molar-refractivity contribution in [3.05, 3.63) is 59.7 Å². The van der Waals surface area contributed by atoms with Gasteiger partial charge in [0.15, 0.2) is 0 Å². The Morgan fingerprint density at radius 1 is 1.18 bits per heavy atom. The minimum absolute atomic E-state index is 0.130. The third-order valence-electron chi connectivity index (χ3n) is 5.06. The highest BCUT2D eigenvalue weighted by molar-refractivity contribution is 7.89. The number of methoxy groups -OCH3 is 1. The van der Waals surface area contributed by atoms with Crippen molar-refractivity contribution in [3.8, 4) is 5.75 Å². The Morgan fingerprint density at radius 3 is 2.61 bits per heavy atom. The van der Waals surface area contributed by atoms with Crippen LogP contribution >= 0.6 is 0 Å². The van der Waals surface area contributed by atoms with Crippen LogP contribution in [0.4, 0.5) is 0 Å². The molecule has 0 bridgehead atoms. The van der Waals surface area contributed by atoms with Crippen molar-refractivity contribution in [3.63, 3.8) is 0 Å². The Bertz CT molecular complexity index is 926. The molecule has 6 nitrogen and oxygen atoms in total. The van der Waals surface area contributed by atoms with Crippen molar-refractivity contribution in [1.82, 2.24) is 9.62 Å². The molecule has 1 N–H and O–H groups in total. The van der Waals surface area contributed by atoms with Gasteiger partial charge in [0.05, 0.1) is 17.9 Å². The van der Waals surface area contributed by atoms with E-state index in [2.05, 4.69) is 5.32 Å². The Kier molecular flexibility index (Phi) is 6.36. The highest BCUT2D eigenvalue weighted by atomic mass is 32.2. The Morgan fingerprint density at radius 2 is 1.89 bits per heavy atom. The Balaban J connectivity index is 1.65. The quantitative estimate of drug-likeness (QED) is 0.806. The molecule has 1 heterocycles. The van der Waals surface area contributed by atoms with Gasteiger partial charge in [0, 0.05) is 25.2 Å². The van der Waals surface area contributed by atoms with Crippen molar-refractivity contribution >= 4 is 15.9 Å². The molecule has 1 aliphatic heterocycles. The fourth-order valence-electron chi connectivity index (χ4n) is 3.41. The maximum atomic E-state index is 12.9. The van der Waals surface area contributed by atoms with Crippen LogP contribution in [-0.4, -0.2) is 38.8 Å². The number of ether oxygens (including phenoxy) is 1. The summed E-state index contributed by atoms with van der Waals surface area (Å²) >= 11 is 0. The van der Waals surface area contributed by atoms with Crippen LogP contribution in [0.25, 0.3) is 0 Å². The van der Waals surface area contributed by atoms with Gasteiger partial charge in [0.25, 0.3) is 0 Å². The van der Waals surface area contributed by atoms with Crippen molar-refractivity contribution < 1.29 is 17.9 Å². The summed E-state index contributed by atoms with van der Waals surface area (Å²) in [6.07, 6.45) is 1.34. The summed E-state index contributed by atoms with van der Waals surface area (Å²) in [5.74, 6) is 0.230. The van der Waals surface area contributed by atoms with Gasteiger partial charge in [-0.1, -0.05) is 35.9 Å². The smallest absolute Gasteiger partial charge is 0.243 e. The van der Waals surface area contributed by atoms with E-state index < -0.39 is 10.0 Å². The topological polar surface area (TPSA) is 75.7 Å². The molecule has 1 atom stereocenters. The van der Waals surface area contributed by atoms with Gasteiger partial charge in [-0.25, -0.2) is 8.42 Å². The van der Waals surface area contributed by atoms with E-state index in [1.165, 1.54) is 4.31 Å². The van der Waals surface area contributed by atoms with Crippen molar-refractivity contribution in [2.75, 3.05) is 20.2 Å². The molecule has 0 unspecified atom stereocenters. The van der Waals surface area contributed by atoms with E-state index in [0.29, 0.717) is 25.9 Å². The monoisotopic (exact) mass is 402 g/mol. The van der Waals surface area contributed by atoms with Crippen molar-refractivity contribution in [1.29, 1.82) is 0 Å². The van der Waals surface area contributed by atoms with E-state index in [0.717, 1.165) is 16.9 Å². The predicted molar refractivity (Wildman–Crippen MR) is 108 cm³/mol. The summed E-state index contributed by atoms with van der Waals surface area (Å²) in [6, 6.07) is 14.3. The van der Waals surface area contributed by atoms with Gasteiger partial charge in [0.2, 0.25) is 15.9 Å². The second-order valence-electron chi connectivity index (χ2n) is 7.04. The third-order valence-corrected chi connectivity index (χ3v) is 6.94. The number of sulfonamides is 1. The van der Waals surface area contributed by atoms with Crippen LogP contribution in [0.5, 0.6) is 5.75 Å². The van der Waals surface area contributed by atoms with Crippen LogP contribution in [0.1, 0.15) is 24.0 Å². The average molecular weight is 403 g/mol. The normalized spacial score (nSPS) is 17.9. The van der Waals surface area contributed by atoms with Gasteiger partial charge >= 0.3 is 0 Å². The Labute approximate surface area is 166 Å². The SMILES string of the molecule is COc1ccccc1CNC(=O)[C@H]1CCCN(S(=O)(=O)c2ccc(C)cc2)C1. The van der Waals surface area contributed by atoms with Gasteiger partial charge in [-0.3, -0.25) is 4.79 Å². The standard InChI is InChI=1S/C21H26N2O4S/c1-16-9-11-19(12-10-16)28(25,26)23-13-5-7-18(15-23)21(24)22-14-17-6-3-4-8-20(17)27-2/h3-4,6,8-12,18H,5,7,13-15H2,1-2H3,(H,22,24)/t18-/m0/s1. The second-order valence-corrected chi connectivity index (χ2v) is 8.98. The molecular weight excluding hydrogens is 376 g/mol. The zero-order chi connectivity index (χ0) is 20.1. The maximum Gasteiger partial charge on any atom is 0.243 e. The summed E-state index contributed by atoms with van der Waals surface area (Å²) < 4.78 is 32.5. The fourth-order valence-corrected chi connectivity index (χ4v) is 4.93. The molecule has 150 valence electrons. The molecule has 28 heavy (non-hydrogen) atoms. The highest BCUT2D eigenvalue weighted by Crippen LogP contribution is 2.24. The number of benzene rings is 2. The first-order chi connectivity index (χ1) is 13.4. The highest BCUT2D eigenvalue weighted by Gasteiger charge is 2.33. The molecule has 3 rings (SSSR count). The molecule has 7 heteroatoms.